The van der Waals surface area contributed by atoms with E-state index < -0.39 is 5.24 Å². The summed E-state index contributed by atoms with van der Waals surface area (Å²) in [4.78, 5) is 30.5. The number of carbonyl (C=O) groups is 2. The predicted octanol–water partition coefficient (Wildman–Crippen LogP) is 2.29. The van der Waals surface area contributed by atoms with Crippen molar-refractivity contribution >= 4 is 40.5 Å². The maximum absolute atomic E-state index is 12.6. The van der Waals surface area contributed by atoms with E-state index in [1.807, 2.05) is 6.07 Å². The molecule has 6 nitrogen and oxygen atoms in total. The normalized spacial score (nSPS) is 9.96. The fraction of sp³-hybridized carbons (Fsp3) is 0.125. The van der Waals surface area contributed by atoms with Gasteiger partial charge >= 0.3 is 0 Å². The third-order valence-electron chi connectivity index (χ3n) is 3.11. The lowest BCUT2D eigenvalue weighted by Crippen LogP contribution is -2.42. The first-order chi connectivity index (χ1) is 11.1. The Labute approximate surface area is 138 Å². The zero-order valence-electron chi connectivity index (χ0n) is 12.2. The van der Waals surface area contributed by atoms with Gasteiger partial charge in [0.15, 0.2) is 0 Å². The molecule has 1 aromatic heterocycles. The molecule has 1 N–H and O–H groups in total. The van der Waals surface area contributed by atoms with Crippen LogP contribution in [0.3, 0.4) is 0 Å². The average molecular weight is 331 g/mol. The van der Waals surface area contributed by atoms with Crippen LogP contribution >= 0.6 is 11.6 Å². The zero-order chi connectivity index (χ0) is 16.7. The van der Waals surface area contributed by atoms with Crippen LogP contribution in [0.25, 0.3) is 0 Å². The maximum Gasteiger partial charge on any atom is 0.247 e. The number of pyridine rings is 1. The molecule has 0 unspecified atom stereocenters. The van der Waals surface area contributed by atoms with Gasteiger partial charge in [0.25, 0.3) is 0 Å². The molecule has 0 radical (unpaired) electrons. The van der Waals surface area contributed by atoms with Crippen molar-refractivity contribution in [3.63, 3.8) is 0 Å². The Balaban J connectivity index is 2.20. The second-order valence-corrected chi connectivity index (χ2v) is 5.05. The standard InChI is InChI=1S/C16H15ClN4O2/c17-15(22)10-21(14-4-2-1-3-5-14)16(23)11-20(12-18)13-6-8-19-9-7-13/h1-9,12,18H,10-11H2. The van der Waals surface area contributed by atoms with Gasteiger partial charge in [-0.05, 0) is 35.9 Å². The number of para-hydroxylation sites is 1. The monoisotopic (exact) mass is 330 g/mol. The molecule has 1 amide bonds. The summed E-state index contributed by atoms with van der Waals surface area (Å²) in [6, 6.07) is 12.2. The van der Waals surface area contributed by atoms with Crippen LogP contribution in [0.4, 0.5) is 11.4 Å². The third kappa shape index (κ3) is 4.62. The van der Waals surface area contributed by atoms with Crippen molar-refractivity contribution in [3.05, 3.63) is 54.9 Å². The van der Waals surface area contributed by atoms with Crippen molar-refractivity contribution in [3.8, 4) is 0 Å². The molecule has 2 aromatic rings. The number of carbonyl (C=O) groups excluding carboxylic acids is 2. The van der Waals surface area contributed by atoms with E-state index in [1.165, 1.54) is 9.80 Å². The SMILES string of the molecule is N=CN(CC(=O)N(CC(=O)Cl)c1ccccc1)c1ccncc1. The van der Waals surface area contributed by atoms with Crippen molar-refractivity contribution in [1.82, 2.24) is 4.98 Å². The third-order valence-corrected chi connectivity index (χ3v) is 3.23. The minimum absolute atomic E-state index is 0.0907. The molecular formula is C16H15ClN4O2. The summed E-state index contributed by atoms with van der Waals surface area (Å²) < 4.78 is 0. The van der Waals surface area contributed by atoms with E-state index in [1.54, 1.807) is 48.8 Å². The predicted molar refractivity (Wildman–Crippen MR) is 90.0 cm³/mol. The van der Waals surface area contributed by atoms with E-state index in [9.17, 15) is 9.59 Å². The number of halogens is 1. The fourth-order valence-electron chi connectivity index (χ4n) is 2.03. The summed E-state index contributed by atoms with van der Waals surface area (Å²) >= 11 is 5.45. The minimum Gasteiger partial charge on any atom is -0.323 e. The molecule has 2 rings (SSSR count). The highest BCUT2D eigenvalue weighted by Gasteiger charge is 2.20. The number of nitrogens with zero attached hydrogens (tertiary/aromatic N) is 3. The highest BCUT2D eigenvalue weighted by atomic mass is 35.5. The Morgan fingerprint density at radius 1 is 1.04 bits per heavy atom. The van der Waals surface area contributed by atoms with E-state index in [4.69, 9.17) is 17.0 Å². The van der Waals surface area contributed by atoms with Gasteiger partial charge in [0.1, 0.15) is 13.1 Å². The Morgan fingerprint density at radius 2 is 1.70 bits per heavy atom. The fourth-order valence-corrected chi connectivity index (χ4v) is 2.15. The summed E-state index contributed by atoms with van der Waals surface area (Å²) in [6.45, 7) is -0.320. The topological polar surface area (TPSA) is 77.4 Å². The molecule has 7 heteroatoms. The van der Waals surface area contributed by atoms with Crippen molar-refractivity contribution in [2.75, 3.05) is 22.9 Å². The van der Waals surface area contributed by atoms with Gasteiger partial charge in [0, 0.05) is 23.8 Å². The van der Waals surface area contributed by atoms with Gasteiger partial charge in [-0.3, -0.25) is 20.0 Å². The number of anilines is 2. The van der Waals surface area contributed by atoms with Crippen LogP contribution in [0.15, 0.2) is 54.9 Å². The Bertz CT molecular complexity index is 679. The molecule has 23 heavy (non-hydrogen) atoms. The second kappa shape index (κ2) is 8.05. The van der Waals surface area contributed by atoms with Crippen molar-refractivity contribution in [1.29, 1.82) is 5.41 Å². The summed E-state index contributed by atoms with van der Waals surface area (Å²) in [5.74, 6) is -0.342. The van der Waals surface area contributed by atoms with Crippen LogP contribution in [0.5, 0.6) is 0 Å². The van der Waals surface area contributed by atoms with Crippen LogP contribution in [-0.2, 0) is 9.59 Å². The first kappa shape index (κ1) is 16.6. The number of amides is 1. The number of aromatic nitrogens is 1. The lowest BCUT2D eigenvalue weighted by atomic mass is 10.2. The lowest BCUT2D eigenvalue weighted by Gasteiger charge is -2.25. The van der Waals surface area contributed by atoms with Crippen molar-refractivity contribution in [2.45, 2.75) is 0 Å². The van der Waals surface area contributed by atoms with Crippen LogP contribution < -0.4 is 9.80 Å². The van der Waals surface area contributed by atoms with Gasteiger partial charge in [0.2, 0.25) is 11.1 Å². The molecule has 0 saturated carbocycles. The van der Waals surface area contributed by atoms with Crippen molar-refractivity contribution < 1.29 is 9.59 Å². The maximum atomic E-state index is 12.6. The molecule has 0 bridgehead atoms. The van der Waals surface area contributed by atoms with E-state index >= 15 is 0 Å². The lowest BCUT2D eigenvalue weighted by molar-refractivity contribution is -0.119. The van der Waals surface area contributed by atoms with Gasteiger partial charge in [-0.15, -0.1) is 0 Å². The summed E-state index contributed by atoms with van der Waals surface area (Å²) in [5, 5.41) is 6.86. The molecule has 118 valence electrons. The van der Waals surface area contributed by atoms with Gasteiger partial charge in [-0.1, -0.05) is 18.2 Å². The first-order valence-corrected chi connectivity index (χ1v) is 7.20. The molecule has 0 atom stereocenters. The Hall–Kier alpha value is -2.73. The molecule has 1 aromatic carbocycles. The van der Waals surface area contributed by atoms with E-state index in [0.29, 0.717) is 11.4 Å². The molecule has 0 aliphatic carbocycles. The van der Waals surface area contributed by atoms with Crippen molar-refractivity contribution in [2.24, 2.45) is 0 Å². The molecule has 0 aliphatic rings. The quantitative estimate of drug-likeness (QED) is 0.480. The highest BCUT2D eigenvalue weighted by Crippen LogP contribution is 2.16. The van der Waals surface area contributed by atoms with Gasteiger partial charge in [-0.25, -0.2) is 0 Å². The summed E-state index contributed by atoms with van der Waals surface area (Å²) in [5.41, 5.74) is 1.24. The van der Waals surface area contributed by atoms with Gasteiger partial charge in [0.05, 0.1) is 6.34 Å². The highest BCUT2D eigenvalue weighted by molar-refractivity contribution is 6.64. The number of benzene rings is 1. The Morgan fingerprint density at radius 3 is 2.26 bits per heavy atom. The zero-order valence-corrected chi connectivity index (χ0v) is 13.0. The number of hydrogen-bond donors (Lipinski definition) is 1. The van der Waals surface area contributed by atoms with E-state index in [2.05, 4.69) is 4.98 Å². The van der Waals surface area contributed by atoms with Gasteiger partial charge in [-0.2, -0.15) is 0 Å². The number of nitrogens with one attached hydrogen (secondary N) is 1. The average Bonchev–Trinajstić information content (AvgIpc) is 2.58. The van der Waals surface area contributed by atoms with Gasteiger partial charge < -0.3 is 9.80 Å². The number of rotatable bonds is 7. The van der Waals surface area contributed by atoms with Crippen LogP contribution in [-0.4, -0.2) is 35.6 Å². The smallest absolute Gasteiger partial charge is 0.247 e. The molecule has 1 heterocycles. The summed E-state index contributed by atoms with van der Waals surface area (Å²) in [7, 11) is 0. The van der Waals surface area contributed by atoms with Crippen LogP contribution in [0.1, 0.15) is 0 Å². The largest absolute Gasteiger partial charge is 0.323 e. The van der Waals surface area contributed by atoms with E-state index in [0.717, 1.165) is 6.34 Å². The first-order valence-electron chi connectivity index (χ1n) is 6.83. The Kier molecular flexibility index (Phi) is 5.82. The molecule has 0 aliphatic heterocycles. The summed E-state index contributed by atoms with van der Waals surface area (Å²) in [6.07, 6.45) is 4.21. The molecule has 0 spiro atoms. The minimum atomic E-state index is -0.632. The van der Waals surface area contributed by atoms with E-state index in [-0.39, 0.29) is 19.0 Å². The van der Waals surface area contributed by atoms with Crippen LogP contribution in [0, 0.1) is 5.41 Å². The van der Waals surface area contributed by atoms with Crippen LogP contribution in [0.2, 0.25) is 0 Å². The molecule has 0 fully saturated rings. The second-order valence-electron chi connectivity index (χ2n) is 4.63. The molecule has 0 saturated heterocycles. The molecular weight excluding hydrogens is 316 g/mol. The number of hydrogen-bond acceptors (Lipinski definition) is 4.